The zero-order valence-corrected chi connectivity index (χ0v) is 12.2. The summed E-state index contributed by atoms with van der Waals surface area (Å²) in [6, 6.07) is 5.86. The second-order valence-electron chi connectivity index (χ2n) is 4.46. The lowest BCUT2D eigenvalue weighted by atomic mass is 10.2. The van der Waals surface area contributed by atoms with Gasteiger partial charge in [-0.15, -0.1) is 11.8 Å². The van der Waals surface area contributed by atoms with Gasteiger partial charge in [0.2, 0.25) is 0 Å². The van der Waals surface area contributed by atoms with Crippen molar-refractivity contribution in [3.63, 3.8) is 0 Å². The van der Waals surface area contributed by atoms with Crippen molar-refractivity contribution in [3.05, 3.63) is 45.9 Å². The quantitative estimate of drug-likeness (QED) is 0.396. The van der Waals surface area contributed by atoms with E-state index in [1.165, 1.54) is 6.20 Å². The van der Waals surface area contributed by atoms with E-state index >= 15 is 0 Å². The van der Waals surface area contributed by atoms with E-state index in [1.54, 1.807) is 23.3 Å². The summed E-state index contributed by atoms with van der Waals surface area (Å²) in [6.07, 6.45) is 1.29. The number of nitrogens with two attached hydrogens (primary N) is 1. The number of anilines is 1. The number of hydrogen-bond donors (Lipinski definition) is 1. The van der Waals surface area contributed by atoms with Crippen molar-refractivity contribution in [1.82, 2.24) is 9.55 Å². The molecule has 1 aromatic carbocycles. The van der Waals surface area contributed by atoms with Crippen LogP contribution < -0.4 is 5.73 Å². The molecule has 0 saturated carbocycles. The number of aryl methyl sites for hydroxylation is 2. The molecule has 1 aromatic heterocycles. The highest BCUT2D eigenvalue weighted by Gasteiger charge is 2.16. The number of nitrogens with zero attached hydrogens (tertiary/aromatic N) is 3. The van der Waals surface area contributed by atoms with E-state index in [0.29, 0.717) is 18.1 Å². The van der Waals surface area contributed by atoms with Crippen LogP contribution in [-0.4, -0.2) is 20.2 Å². The van der Waals surface area contributed by atoms with Crippen molar-refractivity contribution in [2.45, 2.75) is 25.3 Å². The van der Waals surface area contributed by atoms with Crippen molar-refractivity contribution in [2.75, 3.05) is 11.5 Å². The Balaban J connectivity index is 2.05. The first-order valence-electron chi connectivity index (χ1n) is 6.14. The summed E-state index contributed by atoms with van der Waals surface area (Å²) in [5, 5.41) is 10.9. The van der Waals surface area contributed by atoms with E-state index in [9.17, 15) is 10.1 Å². The zero-order chi connectivity index (χ0) is 14.7. The summed E-state index contributed by atoms with van der Waals surface area (Å²) in [7, 11) is 0. The molecular weight excluding hydrogens is 276 g/mol. The maximum Gasteiger partial charge on any atom is 0.342 e. The fourth-order valence-electron chi connectivity index (χ4n) is 1.89. The Morgan fingerprint density at radius 2 is 2.20 bits per heavy atom. The average Bonchev–Trinajstić information content (AvgIpc) is 2.75. The first-order chi connectivity index (χ1) is 9.49. The SMILES string of the molecule is Cc1ccc(N)c(SCCn2c([N+](=O)[O-])cnc2C)c1. The summed E-state index contributed by atoms with van der Waals surface area (Å²) in [6.45, 7) is 4.30. The van der Waals surface area contributed by atoms with Crippen LogP contribution >= 0.6 is 11.8 Å². The molecule has 6 nitrogen and oxygen atoms in total. The van der Waals surface area contributed by atoms with Gasteiger partial charge in [0.05, 0.1) is 0 Å². The maximum atomic E-state index is 10.9. The van der Waals surface area contributed by atoms with E-state index in [1.807, 2.05) is 25.1 Å². The third-order valence-corrected chi connectivity index (χ3v) is 4.01. The van der Waals surface area contributed by atoms with Crippen molar-refractivity contribution >= 4 is 23.3 Å². The molecule has 0 radical (unpaired) electrons. The van der Waals surface area contributed by atoms with Crippen LogP contribution in [0.1, 0.15) is 11.4 Å². The summed E-state index contributed by atoms with van der Waals surface area (Å²) in [5.74, 6) is 1.38. The zero-order valence-electron chi connectivity index (χ0n) is 11.4. The lowest BCUT2D eigenvalue weighted by Gasteiger charge is -2.06. The van der Waals surface area contributed by atoms with Crippen LogP contribution in [0.5, 0.6) is 0 Å². The van der Waals surface area contributed by atoms with Gasteiger partial charge in [-0.3, -0.25) is 0 Å². The van der Waals surface area contributed by atoms with E-state index < -0.39 is 4.92 Å². The summed E-state index contributed by atoms with van der Waals surface area (Å²) >= 11 is 1.59. The third kappa shape index (κ3) is 3.11. The minimum Gasteiger partial charge on any atom is -0.398 e. The van der Waals surface area contributed by atoms with Crippen LogP contribution in [0.25, 0.3) is 0 Å². The molecule has 106 valence electrons. The monoisotopic (exact) mass is 292 g/mol. The number of nitro groups is 1. The molecule has 0 spiro atoms. The Morgan fingerprint density at radius 3 is 2.90 bits per heavy atom. The van der Waals surface area contributed by atoms with Crippen molar-refractivity contribution < 1.29 is 4.92 Å². The topological polar surface area (TPSA) is 87.0 Å². The molecule has 2 N–H and O–H groups in total. The second kappa shape index (κ2) is 5.96. The largest absolute Gasteiger partial charge is 0.398 e. The highest BCUT2D eigenvalue weighted by Crippen LogP contribution is 2.26. The first-order valence-corrected chi connectivity index (χ1v) is 7.13. The highest BCUT2D eigenvalue weighted by molar-refractivity contribution is 7.99. The Labute approximate surface area is 121 Å². The lowest BCUT2D eigenvalue weighted by Crippen LogP contribution is -2.07. The normalized spacial score (nSPS) is 10.7. The van der Waals surface area contributed by atoms with Gasteiger partial charge < -0.3 is 15.8 Å². The van der Waals surface area contributed by atoms with Crippen LogP contribution in [0.4, 0.5) is 11.5 Å². The molecule has 1 heterocycles. The average molecular weight is 292 g/mol. The summed E-state index contributed by atoms with van der Waals surface area (Å²) in [4.78, 5) is 15.5. The Hall–Kier alpha value is -2.02. The van der Waals surface area contributed by atoms with Crippen LogP contribution in [0, 0.1) is 24.0 Å². The number of imidazole rings is 1. The summed E-state index contributed by atoms with van der Waals surface area (Å²) < 4.78 is 1.61. The van der Waals surface area contributed by atoms with Gasteiger partial charge in [-0.25, -0.2) is 9.55 Å². The highest BCUT2D eigenvalue weighted by atomic mass is 32.2. The van der Waals surface area contributed by atoms with Crippen LogP contribution in [0.15, 0.2) is 29.3 Å². The molecule has 0 amide bonds. The molecule has 2 aromatic rings. The van der Waals surface area contributed by atoms with Crippen molar-refractivity contribution in [3.8, 4) is 0 Å². The second-order valence-corrected chi connectivity index (χ2v) is 5.60. The molecule has 0 unspecified atom stereocenters. The molecule has 0 atom stereocenters. The molecule has 0 saturated heterocycles. The molecular formula is C13H16N4O2S. The van der Waals surface area contributed by atoms with Crippen LogP contribution in [-0.2, 0) is 6.54 Å². The molecule has 0 aliphatic heterocycles. The Kier molecular flexibility index (Phi) is 4.29. The molecule has 0 bridgehead atoms. The van der Waals surface area contributed by atoms with Gasteiger partial charge in [0.25, 0.3) is 0 Å². The van der Waals surface area contributed by atoms with Gasteiger partial charge in [-0.2, -0.15) is 0 Å². The van der Waals surface area contributed by atoms with Crippen molar-refractivity contribution in [1.29, 1.82) is 0 Å². The number of nitrogen functional groups attached to an aromatic ring is 1. The Bertz CT molecular complexity index is 639. The molecule has 20 heavy (non-hydrogen) atoms. The van der Waals surface area contributed by atoms with E-state index in [2.05, 4.69) is 4.98 Å². The van der Waals surface area contributed by atoms with Crippen LogP contribution in [0.2, 0.25) is 0 Å². The van der Waals surface area contributed by atoms with Gasteiger partial charge in [-0.1, -0.05) is 6.07 Å². The lowest BCUT2D eigenvalue weighted by molar-refractivity contribution is -0.392. The number of benzene rings is 1. The smallest absolute Gasteiger partial charge is 0.342 e. The van der Waals surface area contributed by atoms with Gasteiger partial charge in [0, 0.05) is 23.3 Å². The Morgan fingerprint density at radius 1 is 1.45 bits per heavy atom. The number of rotatable bonds is 5. The standard InChI is InChI=1S/C13H16N4O2S/c1-9-3-4-11(14)12(7-9)20-6-5-16-10(2)15-8-13(16)17(18)19/h3-4,7-8H,5-6,14H2,1-2H3. The molecule has 7 heteroatoms. The first kappa shape index (κ1) is 14.4. The molecule has 0 fully saturated rings. The van der Waals surface area contributed by atoms with Gasteiger partial charge >= 0.3 is 5.82 Å². The van der Waals surface area contributed by atoms with E-state index in [4.69, 9.17) is 5.73 Å². The fraction of sp³-hybridized carbons (Fsp3) is 0.308. The number of thioether (sulfide) groups is 1. The fourth-order valence-corrected chi connectivity index (χ4v) is 2.89. The van der Waals surface area contributed by atoms with Gasteiger partial charge in [-0.05, 0) is 29.5 Å². The number of hydrogen-bond acceptors (Lipinski definition) is 5. The van der Waals surface area contributed by atoms with Gasteiger partial charge in [0.15, 0.2) is 5.82 Å². The van der Waals surface area contributed by atoms with E-state index in [0.717, 1.165) is 16.1 Å². The van der Waals surface area contributed by atoms with Gasteiger partial charge in [0.1, 0.15) is 12.7 Å². The maximum absolute atomic E-state index is 10.9. The molecule has 0 aliphatic carbocycles. The molecule has 2 rings (SSSR count). The predicted octanol–water partition coefficient (Wildman–Crippen LogP) is 2.78. The predicted molar refractivity (Wildman–Crippen MR) is 79.9 cm³/mol. The minimum absolute atomic E-state index is 0.0281. The van der Waals surface area contributed by atoms with E-state index in [-0.39, 0.29) is 5.82 Å². The van der Waals surface area contributed by atoms with Crippen LogP contribution in [0.3, 0.4) is 0 Å². The minimum atomic E-state index is -0.411. The number of aromatic nitrogens is 2. The van der Waals surface area contributed by atoms with Crippen molar-refractivity contribution in [2.24, 2.45) is 0 Å². The molecule has 0 aliphatic rings. The summed E-state index contributed by atoms with van der Waals surface area (Å²) in [5.41, 5.74) is 7.79. The third-order valence-electron chi connectivity index (χ3n) is 2.96.